The third-order valence-electron chi connectivity index (χ3n) is 3.54. The highest BCUT2D eigenvalue weighted by molar-refractivity contribution is 7.99. The maximum atomic E-state index is 12.2. The van der Waals surface area contributed by atoms with Crippen molar-refractivity contribution in [3.63, 3.8) is 0 Å². The van der Waals surface area contributed by atoms with E-state index in [4.69, 9.17) is 4.74 Å². The van der Waals surface area contributed by atoms with E-state index in [2.05, 4.69) is 20.5 Å². The number of anilines is 1. The predicted molar refractivity (Wildman–Crippen MR) is 106 cm³/mol. The first-order valence-electron chi connectivity index (χ1n) is 7.82. The molecule has 2 aromatic carbocycles. The monoisotopic (exact) mass is 386 g/mol. The Bertz CT molecular complexity index is 881. The van der Waals surface area contributed by atoms with Crippen LogP contribution in [0.1, 0.15) is 0 Å². The fraction of sp³-hybridized carbons (Fsp3) is 0.167. The molecule has 0 atom stereocenters. The zero-order valence-corrected chi connectivity index (χ0v) is 16.0. The number of methoxy groups -OCH3 is 1. The van der Waals surface area contributed by atoms with Crippen molar-refractivity contribution < 1.29 is 9.53 Å². The zero-order chi connectivity index (χ0) is 18.4. The van der Waals surface area contributed by atoms with E-state index in [9.17, 15) is 4.79 Å². The fourth-order valence-corrected chi connectivity index (χ4v) is 3.41. The number of aromatic nitrogens is 3. The van der Waals surface area contributed by atoms with Crippen molar-refractivity contribution in [1.29, 1.82) is 0 Å². The van der Waals surface area contributed by atoms with E-state index in [1.165, 1.54) is 11.8 Å². The molecular formula is C18H18N4O2S2. The molecule has 0 aliphatic carbocycles. The number of rotatable bonds is 7. The summed E-state index contributed by atoms with van der Waals surface area (Å²) < 4.78 is 5.14. The number of carbonyl (C=O) groups excluding carboxylic acids is 1. The standard InChI is InChI=1S/C18H18N4O2S2/c1-24-13-9-7-12(8-10-13)17-20-18(22-21-17)26-11-16(23)19-14-5-3-4-6-15(14)25-2/h3-10H,11H2,1-2H3,(H,19,23)(H,20,21,22). The Morgan fingerprint density at radius 3 is 2.69 bits per heavy atom. The van der Waals surface area contributed by atoms with Gasteiger partial charge in [0.15, 0.2) is 5.82 Å². The van der Waals surface area contributed by atoms with Crippen LogP contribution >= 0.6 is 23.5 Å². The molecule has 1 aromatic heterocycles. The van der Waals surface area contributed by atoms with Crippen LogP contribution in [0.25, 0.3) is 11.4 Å². The molecule has 2 N–H and O–H groups in total. The molecule has 0 fully saturated rings. The van der Waals surface area contributed by atoms with Crippen LogP contribution in [0.2, 0.25) is 0 Å². The summed E-state index contributed by atoms with van der Waals surface area (Å²) in [6.45, 7) is 0. The molecule has 0 aliphatic rings. The Kier molecular flexibility index (Phi) is 6.19. The van der Waals surface area contributed by atoms with E-state index in [0.29, 0.717) is 11.0 Å². The van der Waals surface area contributed by atoms with Crippen LogP contribution in [0.15, 0.2) is 58.6 Å². The van der Waals surface area contributed by atoms with Gasteiger partial charge in [-0.15, -0.1) is 16.9 Å². The van der Waals surface area contributed by atoms with Crippen molar-refractivity contribution in [3.05, 3.63) is 48.5 Å². The number of thioether (sulfide) groups is 2. The number of hydrogen-bond acceptors (Lipinski definition) is 6. The van der Waals surface area contributed by atoms with E-state index in [-0.39, 0.29) is 11.7 Å². The van der Waals surface area contributed by atoms with Crippen molar-refractivity contribution >= 4 is 35.1 Å². The topological polar surface area (TPSA) is 79.9 Å². The Labute approximate surface area is 160 Å². The van der Waals surface area contributed by atoms with Crippen LogP contribution in [0, 0.1) is 0 Å². The van der Waals surface area contributed by atoms with Crippen LogP contribution in [0.5, 0.6) is 5.75 Å². The van der Waals surface area contributed by atoms with Crippen molar-refractivity contribution in [2.24, 2.45) is 0 Å². The third-order valence-corrected chi connectivity index (χ3v) is 5.18. The zero-order valence-electron chi connectivity index (χ0n) is 14.4. The number of amides is 1. The van der Waals surface area contributed by atoms with Crippen LogP contribution < -0.4 is 10.1 Å². The van der Waals surface area contributed by atoms with E-state index >= 15 is 0 Å². The summed E-state index contributed by atoms with van der Waals surface area (Å²) in [5.41, 5.74) is 1.73. The summed E-state index contributed by atoms with van der Waals surface area (Å²) in [6, 6.07) is 15.2. The molecule has 6 nitrogen and oxygen atoms in total. The molecule has 0 saturated carbocycles. The van der Waals surface area contributed by atoms with Gasteiger partial charge in [-0.2, -0.15) is 0 Å². The van der Waals surface area contributed by atoms with Gasteiger partial charge < -0.3 is 10.1 Å². The lowest BCUT2D eigenvalue weighted by molar-refractivity contribution is -0.113. The molecule has 1 amide bonds. The summed E-state index contributed by atoms with van der Waals surface area (Å²) in [5.74, 6) is 1.59. The molecule has 3 rings (SSSR count). The first-order valence-corrected chi connectivity index (χ1v) is 10.0. The van der Waals surface area contributed by atoms with Crippen LogP contribution in [-0.4, -0.2) is 40.2 Å². The van der Waals surface area contributed by atoms with Gasteiger partial charge in [0.2, 0.25) is 11.1 Å². The lowest BCUT2D eigenvalue weighted by atomic mass is 10.2. The first kappa shape index (κ1) is 18.3. The molecule has 0 saturated heterocycles. The second-order valence-corrected chi connectivity index (χ2v) is 7.02. The Balaban J connectivity index is 1.58. The Hall–Kier alpha value is -2.45. The van der Waals surface area contributed by atoms with Gasteiger partial charge in [-0.05, 0) is 42.7 Å². The summed E-state index contributed by atoms with van der Waals surface area (Å²) in [7, 11) is 1.63. The molecule has 0 radical (unpaired) electrons. The predicted octanol–water partition coefficient (Wildman–Crippen LogP) is 3.93. The molecule has 0 bridgehead atoms. The molecule has 0 unspecified atom stereocenters. The van der Waals surface area contributed by atoms with Crippen molar-refractivity contribution in [2.45, 2.75) is 10.1 Å². The maximum Gasteiger partial charge on any atom is 0.234 e. The van der Waals surface area contributed by atoms with Gasteiger partial charge >= 0.3 is 0 Å². The highest BCUT2D eigenvalue weighted by atomic mass is 32.2. The molecule has 1 heterocycles. The second kappa shape index (κ2) is 8.77. The summed E-state index contributed by atoms with van der Waals surface area (Å²) in [5, 5.41) is 10.5. The number of H-pyrrole nitrogens is 1. The maximum absolute atomic E-state index is 12.2. The lowest BCUT2D eigenvalue weighted by Crippen LogP contribution is -2.14. The number of aromatic amines is 1. The van der Waals surface area contributed by atoms with E-state index < -0.39 is 0 Å². The summed E-state index contributed by atoms with van der Waals surface area (Å²) >= 11 is 2.88. The number of nitrogens with one attached hydrogen (secondary N) is 2. The van der Waals surface area contributed by atoms with Crippen LogP contribution in [-0.2, 0) is 4.79 Å². The molecule has 0 spiro atoms. The number of carbonyl (C=O) groups is 1. The van der Waals surface area contributed by atoms with Gasteiger partial charge in [0.05, 0.1) is 18.6 Å². The fourth-order valence-electron chi connectivity index (χ4n) is 2.25. The first-order chi connectivity index (χ1) is 12.7. The average molecular weight is 387 g/mol. The highest BCUT2D eigenvalue weighted by Gasteiger charge is 2.10. The van der Waals surface area contributed by atoms with Gasteiger partial charge in [-0.3, -0.25) is 9.89 Å². The summed E-state index contributed by atoms with van der Waals surface area (Å²) in [4.78, 5) is 17.6. The number of para-hydroxylation sites is 1. The third kappa shape index (κ3) is 4.59. The Morgan fingerprint density at radius 2 is 1.96 bits per heavy atom. The minimum atomic E-state index is -0.0905. The van der Waals surface area contributed by atoms with Gasteiger partial charge in [0, 0.05) is 10.5 Å². The van der Waals surface area contributed by atoms with Gasteiger partial charge in [0.25, 0.3) is 0 Å². The van der Waals surface area contributed by atoms with E-state index in [1.807, 2.05) is 54.8 Å². The second-order valence-electron chi connectivity index (χ2n) is 5.23. The average Bonchev–Trinajstić information content (AvgIpc) is 3.16. The molecular weight excluding hydrogens is 368 g/mol. The smallest absolute Gasteiger partial charge is 0.234 e. The minimum absolute atomic E-state index is 0.0905. The van der Waals surface area contributed by atoms with Crippen molar-refractivity contribution in [2.75, 3.05) is 24.4 Å². The van der Waals surface area contributed by atoms with Crippen molar-refractivity contribution in [1.82, 2.24) is 15.2 Å². The number of ether oxygens (including phenoxy) is 1. The molecule has 134 valence electrons. The van der Waals surface area contributed by atoms with Crippen LogP contribution in [0.4, 0.5) is 5.69 Å². The van der Waals surface area contributed by atoms with Crippen molar-refractivity contribution in [3.8, 4) is 17.1 Å². The summed E-state index contributed by atoms with van der Waals surface area (Å²) in [6.07, 6.45) is 1.98. The number of hydrogen-bond donors (Lipinski definition) is 2. The SMILES string of the molecule is COc1ccc(-c2nc(SCC(=O)Nc3ccccc3SC)n[nH]2)cc1. The largest absolute Gasteiger partial charge is 0.497 e. The number of nitrogens with zero attached hydrogens (tertiary/aromatic N) is 2. The van der Waals surface area contributed by atoms with Gasteiger partial charge in [-0.1, -0.05) is 23.9 Å². The Morgan fingerprint density at radius 1 is 1.19 bits per heavy atom. The van der Waals surface area contributed by atoms with Crippen LogP contribution in [0.3, 0.4) is 0 Å². The highest BCUT2D eigenvalue weighted by Crippen LogP contribution is 2.25. The number of benzene rings is 2. The lowest BCUT2D eigenvalue weighted by Gasteiger charge is -2.08. The van der Waals surface area contributed by atoms with E-state index in [1.54, 1.807) is 18.9 Å². The van der Waals surface area contributed by atoms with Gasteiger partial charge in [-0.25, -0.2) is 4.98 Å². The van der Waals surface area contributed by atoms with Gasteiger partial charge in [0.1, 0.15) is 5.75 Å². The molecule has 8 heteroatoms. The normalized spacial score (nSPS) is 10.5. The van der Waals surface area contributed by atoms with E-state index in [0.717, 1.165) is 21.9 Å². The minimum Gasteiger partial charge on any atom is -0.497 e. The molecule has 0 aliphatic heterocycles. The quantitative estimate of drug-likeness (QED) is 0.599. The molecule has 3 aromatic rings. The molecule has 26 heavy (non-hydrogen) atoms.